The lowest BCUT2D eigenvalue weighted by Gasteiger charge is -2.25. The van der Waals surface area contributed by atoms with E-state index in [-0.39, 0.29) is 5.41 Å². The maximum atomic E-state index is 5.93. The number of benzene rings is 1. The number of fused-ring (bicyclic) bond motifs is 1. The Morgan fingerprint density at radius 3 is 2.75 bits per heavy atom. The van der Waals surface area contributed by atoms with Crippen LogP contribution in [0.25, 0.3) is 5.65 Å². The first kappa shape index (κ1) is 16.4. The molecule has 3 aromatic rings. The van der Waals surface area contributed by atoms with Gasteiger partial charge >= 0.3 is 0 Å². The first-order valence-corrected chi connectivity index (χ1v) is 8.09. The number of ether oxygens (including phenoxy) is 1. The van der Waals surface area contributed by atoms with Gasteiger partial charge in [-0.25, -0.2) is 4.98 Å². The van der Waals surface area contributed by atoms with Gasteiger partial charge in [0.1, 0.15) is 5.82 Å². The molecule has 0 atom stereocenters. The van der Waals surface area contributed by atoms with Gasteiger partial charge in [0.05, 0.1) is 6.61 Å². The molecule has 0 amide bonds. The third-order valence-corrected chi connectivity index (χ3v) is 3.84. The van der Waals surface area contributed by atoms with Crippen molar-refractivity contribution in [3.05, 3.63) is 54.1 Å². The van der Waals surface area contributed by atoms with Crippen LogP contribution in [0.15, 0.2) is 42.7 Å². The number of rotatable bonds is 7. The standard InChI is InChI=1S/C18H23N5O/c1-14-21-22-16-17(20-9-10-23(14)16)24-13-18(2,3)12-19-11-15-7-5-4-6-8-15/h4-10,19H,11-13H2,1-3H3. The van der Waals surface area contributed by atoms with Crippen molar-refractivity contribution in [1.82, 2.24) is 24.9 Å². The fourth-order valence-electron chi connectivity index (χ4n) is 2.48. The predicted molar refractivity (Wildman–Crippen MR) is 92.9 cm³/mol. The van der Waals surface area contributed by atoms with Crippen molar-refractivity contribution in [2.24, 2.45) is 5.41 Å². The van der Waals surface area contributed by atoms with Crippen molar-refractivity contribution >= 4 is 5.65 Å². The molecular formula is C18H23N5O. The van der Waals surface area contributed by atoms with E-state index in [4.69, 9.17) is 4.74 Å². The van der Waals surface area contributed by atoms with Crippen LogP contribution < -0.4 is 10.1 Å². The summed E-state index contributed by atoms with van der Waals surface area (Å²) in [4.78, 5) is 4.29. The van der Waals surface area contributed by atoms with Crippen molar-refractivity contribution in [1.29, 1.82) is 0 Å². The third kappa shape index (κ3) is 3.89. The molecule has 0 aliphatic carbocycles. The number of aryl methyl sites for hydroxylation is 1. The van der Waals surface area contributed by atoms with E-state index in [1.165, 1.54) is 5.56 Å². The highest BCUT2D eigenvalue weighted by atomic mass is 16.5. The smallest absolute Gasteiger partial charge is 0.260 e. The Hall–Kier alpha value is -2.47. The van der Waals surface area contributed by atoms with E-state index in [0.29, 0.717) is 18.1 Å². The Morgan fingerprint density at radius 1 is 1.17 bits per heavy atom. The lowest BCUT2D eigenvalue weighted by Crippen LogP contribution is -2.34. The minimum atomic E-state index is -0.0294. The van der Waals surface area contributed by atoms with Crippen LogP contribution in [0, 0.1) is 12.3 Å². The fourth-order valence-corrected chi connectivity index (χ4v) is 2.48. The summed E-state index contributed by atoms with van der Waals surface area (Å²) in [6.45, 7) is 8.48. The normalized spacial score (nSPS) is 11.8. The van der Waals surface area contributed by atoms with Crippen LogP contribution in [-0.4, -0.2) is 32.7 Å². The summed E-state index contributed by atoms with van der Waals surface area (Å²) in [5.74, 6) is 1.34. The summed E-state index contributed by atoms with van der Waals surface area (Å²) < 4.78 is 7.80. The molecule has 0 saturated heterocycles. The molecule has 0 saturated carbocycles. The largest absolute Gasteiger partial charge is 0.474 e. The van der Waals surface area contributed by atoms with E-state index >= 15 is 0 Å². The maximum Gasteiger partial charge on any atom is 0.260 e. The highest BCUT2D eigenvalue weighted by molar-refractivity contribution is 5.48. The first-order valence-electron chi connectivity index (χ1n) is 8.09. The van der Waals surface area contributed by atoms with E-state index in [1.54, 1.807) is 6.20 Å². The van der Waals surface area contributed by atoms with Crippen molar-refractivity contribution in [3.8, 4) is 5.88 Å². The average Bonchev–Trinajstić information content (AvgIpc) is 2.96. The average molecular weight is 325 g/mol. The van der Waals surface area contributed by atoms with Gasteiger partial charge in [0.25, 0.3) is 5.88 Å². The second kappa shape index (κ2) is 6.97. The predicted octanol–water partition coefficient (Wildman–Crippen LogP) is 2.63. The molecule has 1 aromatic carbocycles. The van der Waals surface area contributed by atoms with E-state index in [0.717, 1.165) is 18.9 Å². The van der Waals surface area contributed by atoms with Crippen LogP contribution in [0.5, 0.6) is 5.88 Å². The van der Waals surface area contributed by atoms with Gasteiger partial charge in [-0.2, -0.15) is 0 Å². The van der Waals surface area contributed by atoms with E-state index < -0.39 is 0 Å². The summed E-state index contributed by atoms with van der Waals surface area (Å²) in [6, 6.07) is 10.4. The molecule has 0 aliphatic heterocycles. The van der Waals surface area contributed by atoms with E-state index in [9.17, 15) is 0 Å². The molecule has 0 radical (unpaired) electrons. The highest BCUT2D eigenvalue weighted by Gasteiger charge is 2.20. The molecule has 6 heteroatoms. The van der Waals surface area contributed by atoms with Crippen molar-refractivity contribution < 1.29 is 4.74 Å². The van der Waals surface area contributed by atoms with Gasteiger partial charge in [0.15, 0.2) is 0 Å². The van der Waals surface area contributed by atoms with Gasteiger partial charge in [-0.15, -0.1) is 10.2 Å². The Kier molecular flexibility index (Phi) is 4.76. The minimum Gasteiger partial charge on any atom is -0.474 e. The van der Waals surface area contributed by atoms with Crippen LogP contribution in [0.3, 0.4) is 0 Å². The van der Waals surface area contributed by atoms with Crippen molar-refractivity contribution in [2.45, 2.75) is 27.3 Å². The number of hydrogen-bond acceptors (Lipinski definition) is 5. The topological polar surface area (TPSA) is 64.3 Å². The molecule has 1 N–H and O–H groups in total. The quantitative estimate of drug-likeness (QED) is 0.723. The second-order valence-electron chi connectivity index (χ2n) is 6.72. The molecule has 126 valence electrons. The van der Waals surface area contributed by atoms with Crippen LogP contribution in [0.4, 0.5) is 0 Å². The molecule has 0 fully saturated rings. The number of aromatic nitrogens is 4. The molecule has 24 heavy (non-hydrogen) atoms. The van der Waals surface area contributed by atoms with E-state index in [2.05, 4.69) is 58.6 Å². The van der Waals surface area contributed by atoms with Gasteiger partial charge in [-0.1, -0.05) is 44.2 Å². The molecule has 0 spiro atoms. The molecule has 6 nitrogen and oxygen atoms in total. The number of nitrogens with zero attached hydrogens (tertiary/aromatic N) is 4. The zero-order chi connectivity index (χ0) is 17.0. The summed E-state index contributed by atoms with van der Waals surface area (Å²) >= 11 is 0. The Balaban J connectivity index is 1.56. The van der Waals surface area contributed by atoms with Gasteiger partial charge in [-0.05, 0) is 12.5 Å². The Bertz CT molecular complexity index is 798. The Labute approximate surface area is 141 Å². The van der Waals surface area contributed by atoms with Crippen LogP contribution in [0.2, 0.25) is 0 Å². The monoisotopic (exact) mass is 325 g/mol. The zero-order valence-electron chi connectivity index (χ0n) is 14.4. The molecule has 2 heterocycles. The van der Waals surface area contributed by atoms with Crippen molar-refractivity contribution in [2.75, 3.05) is 13.2 Å². The van der Waals surface area contributed by atoms with Gasteiger partial charge in [-0.3, -0.25) is 4.40 Å². The van der Waals surface area contributed by atoms with Crippen LogP contribution in [0.1, 0.15) is 25.2 Å². The third-order valence-electron chi connectivity index (χ3n) is 3.84. The minimum absolute atomic E-state index is 0.0294. The molecule has 0 bridgehead atoms. The van der Waals surface area contributed by atoms with Crippen molar-refractivity contribution in [3.63, 3.8) is 0 Å². The second-order valence-corrected chi connectivity index (χ2v) is 6.72. The molecule has 2 aromatic heterocycles. The highest BCUT2D eigenvalue weighted by Crippen LogP contribution is 2.20. The van der Waals surface area contributed by atoms with Crippen LogP contribution >= 0.6 is 0 Å². The fraction of sp³-hybridized carbons (Fsp3) is 0.389. The summed E-state index contributed by atoms with van der Waals surface area (Å²) in [7, 11) is 0. The zero-order valence-corrected chi connectivity index (χ0v) is 14.4. The van der Waals surface area contributed by atoms with Crippen LogP contribution in [-0.2, 0) is 6.54 Å². The summed E-state index contributed by atoms with van der Waals surface area (Å²) in [5.41, 5.74) is 1.90. The summed E-state index contributed by atoms with van der Waals surface area (Å²) in [5, 5.41) is 11.7. The van der Waals surface area contributed by atoms with E-state index in [1.807, 2.05) is 23.6 Å². The lowest BCUT2D eigenvalue weighted by atomic mass is 9.95. The molecule has 3 rings (SSSR count). The summed E-state index contributed by atoms with van der Waals surface area (Å²) in [6.07, 6.45) is 3.55. The number of nitrogens with one attached hydrogen (secondary N) is 1. The maximum absolute atomic E-state index is 5.93. The molecule has 0 aliphatic rings. The lowest BCUT2D eigenvalue weighted by molar-refractivity contribution is 0.171. The Morgan fingerprint density at radius 2 is 1.96 bits per heavy atom. The SMILES string of the molecule is Cc1nnc2c(OCC(C)(C)CNCc3ccccc3)nccn12. The van der Waals surface area contributed by atoms with Gasteiger partial charge < -0.3 is 10.1 Å². The van der Waals surface area contributed by atoms with Gasteiger partial charge in [0, 0.05) is 30.9 Å². The first-order chi connectivity index (χ1) is 11.6. The number of hydrogen-bond donors (Lipinski definition) is 1. The molecule has 0 unspecified atom stereocenters. The van der Waals surface area contributed by atoms with Gasteiger partial charge in [0.2, 0.25) is 5.65 Å². The molecular weight excluding hydrogens is 302 g/mol.